The first-order valence-corrected chi connectivity index (χ1v) is 8.37. The lowest BCUT2D eigenvalue weighted by molar-refractivity contribution is 0.419. The average molecular weight is 277 g/mol. The molecule has 2 aromatic rings. The van der Waals surface area contributed by atoms with Crippen molar-refractivity contribution in [1.29, 1.82) is 0 Å². The van der Waals surface area contributed by atoms with E-state index in [-0.39, 0.29) is 0 Å². The zero-order valence-electron chi connectivity index (χ0n) is 12.5. The van der Waals surface area contributed by atoms with Gasteiger partial charge in [0, 0.05) is 11.4 Å². The second kappa shape index (κ2) is 5.55. The van der Waals surface area contributed by atoms with Crippen LogP contribution in [-0.4, -0.2) is 0 Å². The summed E-state index contributed by atoms with van der Waals surface area (Å²) in [7, 11) is 0. The summed E-state index contributed by atoms with van der Waals surface area (Å²) < 4.78 is 0. The molecule has 21 heavy (non-hydrogen) atoms. The third-order valence-corrected chi connectivity index (χ3v) is 5.28. The van der Waals surface area contributed by atoms with Crippen LogP contribution >= 0.6 is 0 Å². The molecular formula is C20H23N. The number of rotatable bonds is 4. The van der Waals surface area contributed by atoms with Gasteiger partial charge in [-0.25, -0.2) is 0 Å². The van der Waals surface area contributed by atoms with Crippen LogP contribution in [0.2, 0.25) is 0 Å². The summed E-state index contributed by atoms with van der Waals surface area (Å²) in [6.07, 6.45) is 8.17. The van der Waals surface area contributed by atoms with Crippen molar-refractivity contribution in [2.75, 3.05) is 5.32 Å². The molecule has 0 atom stereocenters. The van der Waals surface area contributed by atoms with E-state index in [9.17, 15) is 0 Å². The summed E-state index contributed by atoms with van der Waals surface area (Å²) in [5.74, 6) is 1.54. The van der Waals surface area contributed by atoms with Gasteiger partial charge in [-0.2, -0.15) is 0 Å². The van der Waals surface area contributed by atoms with Gasteiger partial charge >= 0.3 is 0 Å². The van der Waals surface area contributed by atoms with Crippen LogP contribution < -0.4 is 5.32 Å². The Morgan fingerprint density at radius 2 is 1.05 bits per heavy atom. The van der Waals surface area contributed by atoms with E-state index >= 15 is 0 Å². The Morgan fingerprint density at radius 3 is 1.43 bits per heavy atom. The van der Waals surface area contributed by atoms with Crippen LogP contribution in [0.15, 0.2) is 48.5 Å². The maximum atomic E-state index is 3.74. The van der Waals surface area contributed by atoms with E-state index < -0.39 is 0 Å². The number of para-hydroxylation sites is 2. The van der Waals surface area contributed by atoms with Crippen molar-refractivity contribution >= 4 is 11.4 Å². The van der Waals surface area contributed by atoms with Gasteiger partial charge in [0.2, 0.25) is 0 Å². The van der Waals surface area contributed by atoms with Crippen LogP contribution in [0.5, 0.6) is 0 Å². The Morgan fingerprint density at radius 1 is 0.619 bits per heavy atom. The van der Waals surface area contributed by atoms with Crippen LogP contribution in [-0.2, 0) is 0 Å². The molecule has 108 valence electrons. The summed E-state index contributed by atoms with van der Waals surface area (Å²) in [6.45, 7) is 0. The van der Waals surface area contributed by atoms with Gasteiger partial charge in [0.05, 0.1) is 0 Å². The lowest BCUT2D eigenvalue weighted by Gasteiger charge is -2.30. The Labute approximate surface area is 127 Å². The molecule has 2 aromatic carbocycles. The third-order valence-electron chi connectivity index (χ3n) is 5.28. The van der Waals surface area contributed by atoms with Crippen molar-refractivity contribution in [3.63, 3.8) is 0 Å². The van der Waals surface area contributed by atoms with Gasteiger partial charge in [0.1, 0.15) is 0 Å². The molecule has 4 rings (SSSR count). The number of anilines is 2. The van der Waals surface area contributed by atoms with E-state index in [1.807, 2.05) is 0 Å². The molecule has 1 nitrogen and oxygen atoms in total. The fourth-order valence-corrected chi connectivity index (χ4v) is 3.52. The van der Waals surface area contributed by atoms with Crippen LogP contribution in [0.1, 0.15) is 61.5 Å². The normalized spacial score (nSPS) is 18.9. The lowest BCUT2D eigenvalue weighted by atomic mass is 9.78. The monoisotopic (exact) mass is 277 g/mol. The number of hydrogen-bond acceptors (Lipinski definition) is 1. The number of benzene rings is 2. The second-order valence-electron chi connectivity index (χ2n) is 6.56. The minimum Gasteiger partial charge on any atom is -0.355 e. The molecule has 0 radical (unpaired) electrons. The van der Waals surface area contributed by atoms with E-state index in [1.165, 1.54) is 61.0 Å². The molecule has 0 aliphatic heterocycles. The Bertz CT molecular complexity index is 568. The van der Waals surface area contributed by atoms with E-state index in [4.69, 9.17) is 0 Å². The molecule has 0 saturated heterocycles. The first kappa shape index (κ1) is 12.9. The molecular weight excluding hydrogens is 254 g/mol. The first-order chi connectivity index (χ1) is 10.4. The Balaban J connectivity index is 1.64. The van der Waals surface area contributed by atoms with Gasteiger partial charge in [0.25, 0.3) is 0 Å². The molecule has 0 bridgehead atoms. The third kappa shape index (κ3) is 2.46. The second-order valence-corrected chi connectivity index (χ2v) is 6.56. The fourth-order valence-electron chi connectivity index (χ4n) is 3.52. The largest absolute Gasteiger partial charge is 0.355 e. The molecule has 0 heterocycles. The molecule has 0 aromatic heterocycles. The molecule has 1 N–H and O–H groups in total. The molecule has 2 aliphatic carbocycles. The van der Waals surface area contributed by atoms with Crippen molar-refractivity contribution in [2.45, 2.75) is 50.4 Å². The quantitative estimate of drug-likeness (QED) is 0.726. The van der Waals surface area contributed by atoms with Crippen molar-refractivity contribution in [1.82, 2.24) is 0 Å². The standard InChI is InChI=1S/C20H23N/c1-3-13-19(17(11-1)15-7-5-8-15)21-20-14-4-2-12-18(20)16-9-6-10-16/h1-4,11-16,21H,5-10H2. The number of nitrogens with one attached hydrogen (secondary N) is 1. The van der Waals surface area contributed by atoms with Crippen LogP contribution in [0, 0.1) is 0 Å². The van der Waals surface area contributed by atoms with Gasteiger partial charge in [0.15, 0.2) is 0 Å². The predicted molar refractivity (Wildman–Crippen MR) is 89.4 cm³/mol. The highest BCUT2D eigenvalue weighted by atomic mass is 14.9. The van der Waals surface area contributed by atoms with E-state index in [0.29, 0.717) is 0 Å². The van der Waals surface area contributed by atoms with Crippen molar-refractivity contribution < 1.29 is 0 Å². The maximum absolute atomic E-state index is 3.74. The smallest absolute Gasteiger partial charge is 0.0419 e. The molecule has 0 spiro atoms. The average Bonchev–Trinajstić information content (AvgIpc) is 2.39. The highest BCUT2D eigenvalue weighted by Crippen LogP contribution is 2.43. The molecule has 0 amide bonds. The summed E-state index contributed by atoms with van der Waals surface area (Å²) in [4.78, 5) is 0. The van der Waals surface area contributed by atoms with E-state index in [1.54, 1.807) is 0 Å². The highest BCUT2D eigenvalue weighted by molar-refractivity contribution is 5.67. The lowest BCUT2D eigenvalue weighted by Crippen LogP contribution is -2.13. The summed E-state index contributed by atoms with van der Waals surface area (Å²) in [5, 5.41) is 3.74. The van der Waals surface area contributed by atoms with Gasteiger partial charge in [-0.05, 0) is 60.8 Å². The van der Waals surface area contributed by atoms with Gasteiger partial charge < -0.3 is 5.32 Å². The molecule has 2 saturated carbocycles. The molecule has 2 aliphatic rings. The van der Waals surface area contributed by atoms with E-state index in [2.05, 4.69) is 53.8 Å². The first-order valence-electron chi connectivity index (χ1n) is 8.37. The SMILES string of the molecule is c1ccc(C2CCC2)c(Nc2ccccc2C2CCC2)c1. The van der Waals surface area contributed by atoms with Gasteiger partial charge in [-0.15, -0.1) is 0 Å². The Hall–Kier alpha value is -1.76. The van der Waals surface area contributed by atoms with Gasteiger partial charge in [-0.1, -0.05) is 49.2 Å². The topological polar surface area (TPSA) is 12.0 Å². The fraction of sp³-hybridized carbons (Fsp3) is 0.400. The maximum Gasteiger partial charge on any atom is 0.0419 e. The van der Waals surface area contributed by atoms with Crippen LogP contribution in [0.3, 0.4) is 0 Å². The molecule has 1 heteroatoms. The highest BCUT2D eigenvalue weighted by Gasteiger charge is 2.24. The Kier molecular flexibility index (Phi) is 3.42. The zero-order valence-corrected chi connectivity index (χ0v) is 12.5. The van der Waals surface area contributed by atoms with E-state index in [0.717, 1.165) is 11.8 Å². The summed E-state index contributed by atoms with van der Waals surface area (Å²) in [5.41, 5.74) is 5.64. The van der Waals surface area contributed by atoms with Crippen molar-refractivity contribution in [3.8, 4) is 0 Å². The predicted octanol–water partition coefficient (Wildman–Crippen LogP) is 5.97. The van der Waals surface area contributed by atoms with Crippen LogP contribution in [0.25, 0.3) is 0 Å². The van der Waals surface area contributed by atoms with Gasteiger partial charge in [-0.3, -0.25) is 0 Å². The summed E-state index contributed by atoms with van der Waals surface area (Å²) >= 11 is 0. The number of hydrogen-bond donors (Lipinski definition) is 1. The van der Waals surface area contributed by atoms with Crippen LogP contribution in [0.4, 0.5) is 11.4 Å². The van der Waals surface area contributed by atoms with Crippen molar-refractivity contribution in [2.24, 2.45) is 0 Å². The molecule has 0 unspecified atom stereocenters. The molecule has 2 fully saturated rings. The zero-order chi connectivity index (χ0) is 14.1. The van der Waals surface area contributed by atoms with Crippen molar-refractivity contribution in [3.05, 3.63) is 59.7 Å². The minimum absolute atomic E-state index is 0.768. The summed E-state index contributed by atoms with van der Waals surface area (Å²) in [6, 6.07) is 17.7. The minimum atomic E-state index is 0.768.